The van der Waals surface area contributed by atoms with Crippen LogP contribution in [0.5, 0.6) is 0 Å². The second-order valence-corrected chi connectivity index (χ2v) is 3.90. The van der Waals surface area contributed by atoms with Crippen molar-refractivity contribution in [2.45, 2.75) is 13.0 Å². The summed E-state index contributed by atoms with van der Waals surface area (Å²) in [6.07, 6.45) is -0.789. The van der Waals surface area contributed by atoms with Gasteiger partial charge in [-0.2, -0.15) is 0 Å². The lowest BCUT2D eigenvalue weighted by Crippen LogP contribution is -2.21. The van der Waals surface area contributed by atoms with Crippen LogP contribution < -0.4 is 5.32 Å². The molecule has 0 saturated heterocycles. The summed E-state index contributed by atoms with van der Waals surface area (Å²) in [5.74, 6) is -0.384. The number of hydrogen-bond acceptors (Lipinski definition) is 2. The first-order chi connectivity index (χ1) is 6.65. The van der Waals surface area contributed by atoms with Crippen LogP contribution in [-0.4, -0.2) is 18.2 Å². The van der Waals surface area contributed by atoms with E-state index in [0.29, 0.717) is 16.6 Å². The summed E-state index contributed by atoms with van der Waals surface area (Å²) in [6, 6.07) is 4.65. The van der Waals surface area contributed by atoms with Gasteiger partial charge in [0.25, 0.3) is 0 Å². The summed E-state index contributed by atoms with van der Waals surface area (Å²) in [5, 5.41) is 12.6. The molecule has 14 heavy (non-hydrogen) atoms. The Hall–Kier alpha value is -0.450. The van der Waals surface area contributed by atoms with Gasteiger partial charge in [0.15, 0.2) is 0 Å². The van der Waals surface area contributed by atoms with Crippen molar-refractivity contribution < 1.29 is 9.50 Å². The molecule has 0 bridgehead atoms. The topological polar surface area (TPSA) is 32.3 Å². The Morgan fingerprint density at radius 3 is 2.86 bits per heavy atom. The van der Waals surface area contributed by atoms with Gasteiger partial charge in [-0.3, -0.25) is 0 Å². The van der Waals surface area contributed by atoms with Crippen LogP contribution >= 0.6 is 15.9 Å². The molecule has 0 spiro atoms. The Labute approximate surface area is 91.3 Å². The van der Waals surface area contributed by atoms with Crippen molar-refractivity contribution in [3.63, 3.8) is 0 Å². The molecule has 1 atom stereocenters. The van der Waals surface area contributed by atoms with Gasteiger partial charge in [-0.15, -0.1) is 0 Å². The van der Waals surface area contributed by atoms with Crippen molar-refractivity contribution in [1.82, 2.24) is 5.32 Å². The highest BCUT2D eigenvalue weighted by Gasteiger charge is 2.11. The zero-order valence-corrected chi connectivity index (χ0v) is 9.51. The van der Waals surface area contributed by atoms with Crippen LogP contribution in [-0.2, 0) is 0 Å². The summed E-state index contributed by atoms with van der Waals surface area (Å²) in [5.41, 5.74) is 0.328. The number of aliphatic hydroxyl groups excluding tert-OH is 1. The molecule has 1 aromatic rings. The van der Waals surface area contributed by atoms with Gasteiger partial charge in [-0.25, -0.2) is 4.39 Å². The molecular formula is C10H13BrFNO. The molecule has 2 N–H and O–H groups in total. The highest BCUT2D eigenvalue weighted by molar-refractivity contribution is 9.10. The molecule has 78 valence electrons. The molecule has 1 unspecified atom stereocenters. The molecule has 4 heteroatoms. The van der Waals surface area contributed by atoms with E-state index in [1.807, 2.05) is 6.92 Å². The third kappa shape index (κ3) is 3.04. The Balaban J connectivity index is 2.74. The van der Waals surface area contributed by atoms with E-state index in [0.717, 1.165) is 6.54 Å². The van der Waals surface area contributed by atoms with Crippen LogP contribution in [0.3, 0.4) is 0 Å². The minimum atomic E-state index is -0.789. The van der Waals surface area contributed by atoms with E-state index in [2.05, 4.69) is 21.2 Å². The van der Waals surface area contributed by atoms with Gasteiger partial charge in [-0.1, -0.05) is 28.9 Å². The van der Waals surface area contributed by atoms with Crippen LogP contribution in [0.25, 0.3) is 0 Å². The summed E-state index contributed by atoms with van der Waals surface area (Å²) in [4.78, 5) is 0. The van der Waals surface area contributed by atoms with Gasteiger partial charge in [0, 0.05) is 16.6 Å². The minimum Gasteiger partial charge on any atom is -0.387 e. The van der Waals surface area contributed by atoms with Crippen molar-refractivity contribution >= 4 is 15.9 Å². The standard InChI is InChI=1S/C10H13BrFNO/c1-2-13-6-10(14)8-4-3-7(11)5-9(8)12/h3-5,10,13-14H,2,6H2,1H3. The fourth-order valence-electron chi connectivity index (χ4n) is 1.16. The maximum absolute atomic E-state index is 13.3. The lowest BCUT2D eigenvalue weighted by molar-refractivity contribution is 0.171. The maximum Gasteiger partial charge on any atom is 0.130 e. The predicted octanol–water partition coefficient (Wildman–Crippen LogP) is 2.23. The average molecular weight is 262 g/mol. The summed E-state index contributed by atoms with van der Waals surface area (Å²) in [6.45, 7) is 3.06. The van der Waals surface area contributed by atoms with Gasteiger partial charge in [-0.05, 0) is 18.7 Å². The van der Waals surface area contributed by atoms with Crippen molar-refractivity contribution in [2.75, 3.05) is 13.1 Å². The molecule has 0 heterocycles. The fourth-order valence-corrected chi connectivity index (χ4v) is 1.50. The molecule has 0 radical (unpaired) electrons. The highest BCUT2D eigenvalue weighted by atomic mass is 79.9. The lowest BCUT2D eigenvalue weighted by atomic mass is 10.1. The van der Waals surface area contributed by atoms with E-state index < -0.39 is 6.10 Å². The first-order valence-corrected chi connectivity index (χ1v) is 5.28. The summed E-state index contributed by atoms with van der Waals surface area (Å²) >= 11 is 3.16. The minimum absolute atomic E-state index is 0.328. The molecule has 0 aliphatic rings. The SMILES string of the molecule is CCNCC(O)c1ccc(Br)cc1F. The zero-order valence-electron chi connectivity index (χ0n) is 7.93. The number of aliphatic hydroxyl groups is 1. The third-order valence-corrected chi connectivity index (χ3v) is 2.40. The number of hydrogen-bond donors (Lipinski definition) is 2. The monoisotopic (exact) mass is 261 g/mol. The molecular weight excluding hydrogens is 249 g/mol. The molecule has 2 nitrogen and oxygen atoms in total. The van der Waals surface area contributed by atoms with E-state index in [1.54, 1.807) is 12.1 Å². The van der Waals surface area contributed by atoms with E-state index in [-0.39, 0.29) is 5.82 Å². The maximum atomic E-state index is 13.3. The van der Waals surface area contributed by atoms with E-state index in [1.165, 1.54) is 6.07 Å². The predicted molar refractivity (Wildman–Crippen MR) is 57.6 cm³/mol. The summed E-state index contributed by atoms with van der Waals surface area (Å²) < 4.78 is 14.0. The first kappa shape index (κ1) is 11.6. The van der Waals surface area contributed by atoms with Crippen LogP contribution in [0, 0.1) is 5.82 Å². The number of nitrogens with one attached hydrogen (secondary N) is 1. The van der Waals surface area contributed by atoms with Crippen LogP contribution in [0.1, 0.15) is 18.6 Å². The van der Waals surface area contributed by atoms with Crippen molar-refractivity contribution in [1.29, 1.82) is 0 Å². The third-order valence-electron chi connectivity index (χ3n) is 1.91. The van der Waals surface area contributed by atoms with E-state index in [9.17, 15) is 9.50 Å². The van der Waals surface area contributed by atoms with Crippen molar-refractivity contribution in [2.24, 2.45) is 0 Å². The van der Waals surface area contributed by atoms with E-state index in [4.69, 9.17) is 0 Å². The Kier molecular flexibility index (Phi) is 4.51. The largest absolute Gasteiger partial charge is 0.387 e. The molecule has 0 aliphatic heterocycles. The molecule has 1 aromatic carbocycles. The average Bonchev–Trinajstić information content (AvgIpc) is 2.14. The molecule has 0 fully saturated rings. The summed E-state index contributed by atoms with van der Waals surface area (Å²) in [7, 11) is 0. The van der Waals surface area contributed by atoms with E-state index >= 15 is 0 Å². The number of likely N-dealkylation sites (N-methyl/N-ethyl adjacent to an activating group) is 1. The highest BCUT2D eigenvalue weighted by Crippen LogP contribution is 2.20. The van der Waals surface area contributed by atoms with Gasteiger partial charge in [0.2, 0.25) is 0 Å². The Bertz CT molecular complexity index is 306. The quantitative estimate of drug-likeness (QED) is 0.872. The molecule has 0 saturated carbocycles. The van der Waals surface area contributed by atoms with Gasteiger partial charge in [0.1, 0.15) is 5.82 Å². The van der Waals surface area contributed by atoms with Crippen molar-refractivity contribution in [3.05, 3.63) is 34.1 Å². The van der Waals surface area contributed by atoms with Crippen LogP contribution in [0.4, 0.5) is 4.39 Å². The van der Waals surface area contributed by atoms with Crippen molar-refractivity contribution in [3.8, 4) is 0 Å². The normalized spacial score (nSPS) is 12.9. The number of rotatable bonds is 4. The molecule has 0 amide bonds. The second-order valence-electron chi connectivity index (χ2n) is 2.99. The zero-order chi connectivity index (χ0) is 10.6. The number of benzene rings is 1. The second kappa shape index (κ2) is 5.44. The molecule has 0 aromatic heterocycles. The number of halogens is 2. The first-order valence-electron chi connectivity index (χ1n) is 4.49. The van der Waals surface area contributed by atoms with Crippen LogP contribution in [0.2, 0.25) is 0 Å². The Morgan fingerprint density at radius 1 is 1.57 bits per heavy atom. The molecule has 1 rings (SSSR count). The lowest BCUT2D eigenvalue weighted by Gasteiger charge is -2.12. The molecule has 0 aliphatic carbocycles. The van der Waals surface area contributed by atoms with Gasteiger partial charge in [0.05, 0.1) is 6.10 Å². The van der Waals surface area contributed by atoms with Crippen LogP contribution in [0.15, 0.2) is 22.7 Å². The van der Waals surface area contributed by atoms with Gasteiger partial charge >= 0.3 is 0 Å². The smallest absolute Gasteiger partial charge is 0.130 e. The fraction of sp³-hybridized carbons (Fsp3) is 0.400. The van der Waals surface area contributed by atoms with Gasteiger partial charge < -0.3 is 10.4 Å². The Morgan fingerprint density at radius 2 is 2.29 bits per heavy atom.